The zero-order valence-corrected chi connectivity index (χ0v) is 15.3. The molecular formula is C18H24IN. The number of benzene rings is 1. The van der Waals surface area contributed by atoms with Gasteiger partial charge in [-0.1, -0.05) is 40.7 Å². The predicted molar refractivity (Wildman–Crippen MR) is 96.2 cm³/mol. The van der Waals surface area contributed by atoms with Gasteiger partial charge in [-0.15, -0.1) is 0 Å². The fourth-order valence-electron chi connectivity index (χ4n) is 2.47. The summed E-state index contributed by atoms with van der Waals surface area (Å²) in [6.45, 7) is 11.3. The Balaban J connectivity index is 2.42. The van der Waals surface area contributed by atoms with Gasteiger partial charge in [0.1, 0.15) is 0 Å². The van der Waals surface area contributed by atoms with Crippen molar-refractivity contribution < 1.29 is 0 Å². The van der Waals surface area contributed by atoms with Gasteiger partial charge in [0.25, 0.3) is 0 Å². The quantitative estimate of drug-likeness (QED) is 0.629. The van der Waals surface area contributed by atoms with Crippen LogP contribution < -0.4 is 0 Å². The first kappa shape index (κ1) is 15.7. The molecule has 0 N–H and O–H groups in total. The highest BCUT2D eigenvalue weighted by atomic mass is 127. The van der Waals surface area contributed by atoms with Crippen LogP contribution in [0.15, 0.2) is 24.3 Å². The molecule has 1 aromatic heterocycles. The van der Waals surface area contributed by atoms with E-state index in [4.69, 9.17) is 4.98 Å². The molecule has 0 bridgehead atoms. The number of aromatic nitrogens is 1. The van der Waals surface area contributed by atoms with Gasteiger partial charge >= 0.3 is 0 Å². The highest BCUT2D eigenvalue weighted by Gasteiger charge is 2.13. The molecule has 0 saturated heterocycles. The third-order valence-corrected chi connectivity index (χ3v) is 4.26. The lowest BCUT2D eigenvalue weighted by Crippen LogP contribution is -2.10. The van der Waals surface area contributed by atoms with Crippen molar-refractivity contribution in [2.45, 2.75) is 47.5 Å². The Kier molecular flexibility index (Phi) is 4.73. The average Bonchev–Trinajstić information content (AvgIpc) is 2.28. The standard InChI is InChI=1S/C18H24IN/c1-12(2)8-14-10-17-13(9-16(14)19)6-7-15(20-17)11-18(3,4)5/h6-7,9-10,12H,8,11H2,1-5H3. The van der Waals surface area contributed by atoms with Crippen molar-refractivity contribution in [3.05, 3.63) is 39.1 Å². The molecule has 108 valence electrons. The topological polar surface area (TPSA) is 12.9 Å². The van der Waals surface area contributed by atoms with Crippen molar-refractivity contribution in [3.8, 4) is 0 Å². The zero-order chi connectivity index (χ0) is 14.9. The van der Waals surface area contributed by atoms with Crippen molar-refractivity contribution in [2.75, 3.05) is 0 Å². The Morgan fingerprint density at radius 1 is 1.15 bits per heavy atom. The molecule has 1 aromatic carbocycles. The maximum atomic E-state index is 4.87. The number of fused-ring (bicyclic) bond motifs is 1. The van der Waals surface area contributed by atoms with E-state index in [9.17, 15) is 0 Å². The molecule has 0 amide bonds. The summed E-state index contributed by atoms with van der Waals surface area (Å²) in [4.78, 5) is 4.87. The molecule has 0 fully saturated rings. The summed E-state index contributed by atoms with van der Waals surface area (Å²) in [5.74, 6) is 0.679. The first-order valence-electron chi connectivity index (χ1n) is 7.33. The van der Waals surface area contributed by atoms with Gasteiger partial charge in [0, 0.05) is 14.7 Å². The minimum absolute atomic E-state index is 0.282. The van der Waals surface area contributed by atoms with Crippen molar-refractivity contribution in [1.82, 2.24) is 4.98 Å². The molecular weight excluding hydrogens is 357 g/mol. The second-order valence-electron chi connectivity index (χ2n) is 7.27. The van der Waals surface area contributed by atoms with Crippen LogP contribution in [-0.2, 0) is 12.8 Å². The number of hydrogen-bond acceptors (Lipinski definition) is 1. The van der Waals surface area contributed by atoms with Gasteiger partial charge in [-0.2, -0.15) is 0 Å². The van der Waals surface area contributed by atoms with Crippen molar-refractivity contribution in [3.63, 3.8) is 0 Å². The summed E-state index contributed by atoms with van der Waals surface area (Å²) in [5, 5.41) is 1.25. The van der Waals surface area contributed by atoms with Crippen LogP contribution in [0.1, 0.15) is 45.9 Å². The summed E-state index contributed by atoms with van der Waals surface area (Å²) in [5.41, 5.74) is 4.04. The molecule has 0 aliphatic carbocycles. The molecule has 20 heavy (non-hydrogen) atoms. The second kappa shape index (κ2) is 6.00. The van der Waals surface area contributed by atoms with Gasteiger partial charge in [0.05, 0.1) is 5.52 Å². The monoisotopic (exact) mass is 381 g/mol. The number of pyridine rings is 1. The summed E-state index contributed by atoms with van der Waals surface area (Å²) in [6.07, 6.45) is 2.15. The summed E-state index contributed by atoms with van der Waals surface area (Å²) >= 11 is 2.44. The van der Waals surface area contributed by atoms with E-state index in [1.807, 2.05) is 0 Å². The number of nitrogens with zero attached hydrogens (tertiary/aromatic N) is 1. The summed E-state index contributed by atoms with van der Waals surface area (Å²) in [7, 11) is 0. The van der Waals surface area contributed by atoms with Crippen molar-refractivity contribution >= 4 is 33.5 Å². The van der Waals surface area contributed by atoms with E-state index in [1.54, 1.807) is 0 Å². The Hall–Kier alpha value is -0.640. The zero-order valence-electron chi connectivity index (χ0n) is 13.1. The van der Waals surface area contributed by atoms with Crippen LogP contribution in [0.4, 0.5) is 0 Å². The molecule has 0 aliphatic rings. The molecule has 0 unspecified atom stereocenters. The van der Waals surface area contributed by atoms with Gasteiger partial charge in [-0.3, -0.25) is 4.98 Å². The van der Waals surface area contributed by atoms with E-state index >= 15 is 0 Å². The van der Waals surface area contributed by atoms with Crippen LogP contribution in [0.25, 0.3) is 10.9 Å². The number of halogens is 1. The molecule has 1 nitrogen and oxygen atoms in total. The molecule has 0 saturated carbocycles. The van der Waals surface area contributed by atoms with Crippen LogP contribution in [0, 0.1) is 14.9 Å². The van der Waals surface area contributed by atoms with Crippen molar-refractivity contribution in [1.29, 1.82) is 0 Å². The van der Waals surface area contributed by atoms with Crippen LogP contribution in [0.5, 0.6) is 0 Å². The third kappa shape index (κ3) is 4.18. The highest BCUT2D eigenvalue weighted by Crippen LogP contribution is 2.25. The molecule has 2 aromatic rings. The molecule has 0 aliphatic heterocycles. The van der Waals surface area contributed by atoms with Crippen LogP contribution >= 0.6 is 22.6 Å². The first-order chi connectivity index (χ1) is 9.24. The minimum Gasteiger partial charge on any atom is -0.253 e. The van der Waals surface area contributed by atoms with Crippen LogP contribution in [-0.4, -0.2) is 4.98 Å². The maximum absolute atomic E-state index is 4.87. The van der Waals surface area contributed by atoms with Crippen LogP contribution in [0.2, 0.25) is 0 Å². The summed E-state index contributed by atoms with van der Waals surface area (Å²) in [6, 6.07) is 8.93. The third-order valence-electron chi connectivity index (χ3n) is 3.25. The maximum Gasteiger partial charge on any atom is 0.0708 e. The normalized spacial score (nSPS) is 12.3. The highest BCUT2D eigenvalue weighted by molar-refractivity contribution is 14.1. The smallest absolute Gasteiger partial charge is 0.0708 e. The molecule has 2 rings (SSSR count). The van der Waals surface area contributed by atoms with Gasteiger partial charge in [-0.25, -0.2) is 0 Å². The Morgan fingerprint density at radius 2 is 1.85 bits per heavy atom. The number of hydrogen-bond donors (Lipinski definition) is 0. The SMILES string of the molecule is CC(C)Cc1cc2nc(CC(C)(C)C)ccc2cc1I. The van der Waals surface area contributed by atoms with E-state index in [2.05, 4.69) is 81.5 Å². The lowest BCUT2D eigenvalue weighted by atomic mass is 9.90. The predicted octanol–water partition coefficient (Wildman–Crippen LogP) is 5.63. The van der Waals surface area contributed by atoms with Crippen molar-refractivity contribution in [2.24, 2.45) is 11.3 Å². The largest absolute Gasteiger partial charge is 0.253 e. The Bertz CT molecular complexity index is 609. The van der Waals surface area contributed by atoms with Gasteiger partial charge in [-0.05, 0) is 70.5 Å². The molecule has 0 spiro atoms. The van der Waals surface area contributed by atoms with E-state index in [1.165, 1.54) is 20.2 Å². The molecule has 0 radical (unpaired) electrons. The van der Waals surface area contributed by atoms with Gasteiger partial charge in [0.2, 0.25) is 0 Å². The fraction of sp³-hybridized carbons (Fsp3) is 0.500. The number of rotatable bonds is 3. The van der Waals surface area contributed by atoms with E-state index in [0.717, 1.165) is 18.4 Å². The Morgan fingerprint density at radius 3 is 2.45 bits per heavy atom. The minimum atomic E-state index is 0.282. The second-order valence-corrected chi connectivity index (χ2v) is 8.44. The van der Waals surface area contributed by atoms with E-state index in [0.29, 0.717) is 5.92 Å². The fourth-order valence-corrected chi connectivity index (χ4v) is 3.18. The lowest BCUT2D eigenvalue weighted by Gasteiger charge is -2.18. The molecule has 1 heterocycles. The Labute approximate surface area is 136 Å². The molecule has 0 atom stereocenters. The van der Waals surface area contributed by atoms with Gasteiger partial charge < -0.3 is 0 Å². The average molecular weight is 381 g/mol. The van der Waals surface area contributed by atoms with Gasteiger partial charge in [0.15, 0.2) is 0 Å². The molecule has 2 heteroatoms. The first-order valence-corrected chi connectivity index (χ1v) is 8.40. The lowest BCUT2D eigenvalue weighted by molar-refractivity contribution is 0.407. The van der Waals surface area contributed by atoms with E-state index in [-0.39, 0.29) is 5.41 Å². The summed E-state index contributed by atoms with van der Waals surface area (Å²) < 4.78 is 1.36. The van der Waals surface area contributed by atoms with E-state index < -0.39 is 0 Å². The van der Waals surface area contributed by atoms with Crippen LogP contribution in [0.3, 0.4) is 0 Å².